The van der Waals surface area contributed by atoms with Gasteiger partial charge in [0.25, 0.3) is 10.0 Å². The Hall–Kier alpha value is -3.56. The predicted molar refractivity (Wildman–Crippen MR) is 120 cm³/mol. The van der Waals surface area contributed by atoms with Crippen molar-refractivity contribution in [1.82, 2.24) is 0 Å². The fourth-order valence-electron chi connectivity index (χ4n) is 2.65. The standard InChI is InChI=1S/C22H23N3O5S/c1-29-14-15-30-20-10-12-21(13-11-20)31(27,28)25-19-9-5-8-18(16-19)24-22(26)23-17-6-3-2-4-7-17/h2-13,16,25H,14-15H2,1H3,(H2,23,24,26). The Morgan fingerprint density at radius 2 is 1.45 bits per heavy atom. The average Bonchev–Trinajstić information content (AvgIpc) is 2.75. The molecular formula is C22H23N3O5S. The van der Waals surface area contributed by atoms with E-state index in [0.29, 0.717) is 36.0 Å². The van der Waals surface area contributed by atoms with Crippen LogP contribution in [-0.4, -0.2) is 34.8 Å². The van der Waals surface area contributed by atoms with Gasteiger partial charge in [0.15, 0.2) is 0 Å². The third-order valence-electron chi connectivity index (χ3n) is 4.09. The van der Waals surface area contributed by atoms with Gasteiger partial charge in [-0.15, -0.1) is 0 Å². The fourth-order valence-corrected chi connectivity index (χ4v) is 3.70. The van der Waals surface area contributed by atoms with Gasteiger partial charge in [0.2, 0.25) is 0 Å². The molecule has 0 aliphatic carbocycles. The zero-order chi connectivity index (χ0) is 22.1. The van der Waals surface area contributed by atoms with Crippen LogP contribution >= 0.6 is 0 Å². The molecule has 31 heavy (non-hydrogen) atoms. The van der Waals surface area contributed by atoms with Crippen LogP contribution < -0.4 is 20.1 Å². The summed E-state index contributed by atoms with van der Waals surface area (Å²) in [6, 6.07) is 21.1. The molecule has 0 radical (unpaired) electrons. The van der Waals surface area contributed by atoms with Crippen LogP contribution in [0.4, 0.5) is 21.9 Å². The molecule has 0 saturated carbocycles. The van der Waals surface area contributed by atoms with E-state index in [4.69, 9.17) is 9.47 Å². The molecule has 9 heteroatoms. The molecule has 0 unspecified atom stereocenters. The molecule has 0 aliphatic heterocycles. The number of nitrogens with one attached hydrogen (secondary N) is 3. The van der Waals surface area contributed by atoms with E-state index < -0.39 is 16.1 Å². The number of benzene rings is 3. The summed E-state index contributed by atoms with van der Waals surface area (Å²) in [5.74, 6) is 0.548. The Balaban J connectivity index is 1.63. The summed E-state index contributed by atoms with van der Waals surface area (Å²) >= 11 is 0. The lowest BCUT2D eigenvalue weighted by Crippen LogP contribution is -2.19. The van der Waals surface area contributed by atoms with E-state index in [1.54, 1.807) is 49.6 Å². The Morgan fingerprint density at radius 1 is 0.806 bits per heavy atom. The second-order valence-corrected chi connectivity index (χ2v) is 8.13. The molecule has 0 heterocycles. The number of sulfonamides is 1. The molecule has 0 atom stereocenters. The Labute approximate surface area is 181 Å². The van der Waals surface area contributed by atoms with Crippen molar-refractivity contribution in [2.24, 2.45) is 0 Å². The van der Waals surface area contributed by atoms with Gasteiger partial charge in [-0.2, -0.15) is 0 Å². The predicted octanol–water partition coefficient (Wildman–Crippen LogP) is 4.16. The van der Waals surface area contributed by atoms with E-state index in [2.05, 4.69) is 15.4 Å². The number of methoxy groups -OCH3 is 1. The van der Waals surface area contributed by atoms with Crippen LogP contribution in [0.1, 0.15) is 0 Å². The van der Waals surface area contributed by atoms with E-state index in [-0.39, 0.29) is 4.90 Å². The van der Waals surface area contributed by atoms with Crippen LogP contribution in [0.5, 0.6) is 5.75 Å². The maximum atomic E-state index is 12.7. The third-order valence-corrected chi connectivity index (χ3v) is 5.49. The molecule has 3 aromatic carbocycles. The Morgan fingerprint density at radius 3 is 2.16 bits per heavy atom. The normalized spacial score (nSPS) is 10.9. The van der Waals surface area contributed by atoms with Gasteiger partial charge < -0.3 is 20.1 Å². The van der Waals surface area contributed by atoms with E-state index >= 15 is 0 Å². The summed E-state index contributed by atoms with van der Waals surface area (Å²) in [6.07, 6.45) is 0. The monoisotopic (exact) mass is 441 g/mol. The van der Waals surface area contributed by atoms with Gasteiger partial charge in [-0.1, -0.05) is 24.3 Å². The van der Waals surface area contributed by atoms with Crippen molar-refractivity contribution in [2.75, 3.05) is 35.7 Å². The topological polar surface area (TPSA) is 106 Å². The first kappa shape index (κ1) is 22.1. The van der Waals surface area contributed by atoms with Crippen molar-refractivity contribution in [2.45, 2.75) is 4.90 Å². The van der Waals surface area contributed by atoms with Gasteiger partial charge in [0, 0.05) is 18.5 Å². The minimum Gasteiger partial charge on any atom is -0.491 e. The first-order valence-corrected chi connectivity index (χ1v) is 10.9. The lowest BCUT2D eigenvalue weighted by molar-refractivity contribution is 0.146. The summed E-state index contributed by atoms with van der Waals surface area (Å²) in [5, 5.41) is 5.38. The molecule has 0 bridgehead atoms. The number of anilines is 3. The molecule has 0 saturated heterocycles. The molecule has 0 aliphatic rings. The summed E-state index contributed by atoms with van der Waals surface area (Å²) in [5.41, 5.74) is 1.40. The maximum absolute atomic E-state index is 12.7. The zero-order valence-electron chi connectivity index (χ0n) is 16.9. The highest BCUT2D eigenvalue weighted by Crippen LogP contribution is 2.21. The Kier molecular flexibility index (Phi) is 7.47. The minimum atomic E-state index is -3.81. The highest BCUT2D eigenvalue weighted by atomic mass is 32.2. The first-order chi connectivity index (χ1) is 15.0. The molecule has 3 N–H and O–H groups in total. The van der Waals surface area contributed by atoms with Gasteiger partial charge in [-0.3, -0.25) is 4.72 Å². The number of amides is 2. The number of hydrogen-bond donors (Lipinski definition) is 3. The van der Waals surface area contributed by atoms with Crippen molar-refractivity contribution >= 4 is 33.1 Å². The minimum absolute atomic E-state index is 0.0896. The average molecular weight is 442 g/mol. The SMILES string of the molecule is COCCOc1ccc(S(=O)(=O)Nc2cccc(NC(=O)Nc3ccccc3)c2)cc1. The van der Waals surface area contributed by atoms with Gasteiger partial charge in [0.05, 0.1) is 17.2 Å². The van der Waals surface area contributed by atoms with Crippen molar-refractivity contribution in [3.63, 3.8) is 0 Å². The largest absolute Gasteiger partial charge is 0.491 e. The van der Waals surface area contributed by atoms with Crippen LogP contribution in [-0.2, 0) is 14.8 Å². The number of urea groups is 1. The van der Waals surface area contributed by atoms with Gasteiger partial charge in [-0.25, -0.2) is 13.2 Å². The first-order valence-electron chi connectivity index (χ1n) is 9.44. The molecule has 8 nitrogen and oxygen atoms in total. The summed E-state index contributed by atoms with van der Waals surface area (Å²) in [4.78, 5) is 12.2. The number of rotatable bonds is 9. The molecule has 162 valence electrons. The van der Waals surface area contributed by atoms with Gasteiger partial charge >= 0.3 is 6.03 Å². The third kappa shape index (κ3) is 6.73. The summed E-state index contributed by atoms with van der Waals surface area (Å²) < 4.78 is 38.2. The van der Waals surface area contributed by atoms with Crippen LogP contribution in [0.15, 0.2) is 83.8 Å². The quantitative estimate of drug-likeness (QED) is 0.433. The molecule has 3 rings (SSSR count). The van der Waals surface area contributed by atoms with Crippen molar-refractivity contribution in [1.29, 1.82) is 0 Å². The summed E-state index contributed by atoms with van der Waals surface area (Å²) in [7, 11) is -2.23. The summed E-state index contributed by atoms with van der Waals surface area (Å²) in [6.45, 7) is 0.813. The van der Waals surface area contributed by atoms with E-state index in [1.807, 2.05) is 18.2 Å². The molecule has 0 aromatic heterocycles. The van der Waals surface area contributed by atoms with Crippen LogP contribution in [0.3, 0.4) is 0 Å². The second-order valence-electron chi connectivity index (χ2n) is 6.44. The molecule has 3 aromatic rings. The van der Waals surface area contributed by atoms with Crippen molar-refractivity contribution < 1.29 is 22.7 Å². The zero-order valence-corrected chi connectivity index (χ0v) is 17.7. The van der Waals surface area contributed by atoms with Crippen molar-refractivity contribution in [3.05, 3.63) is 78.9 Å². The fraction of sp³-hybridized carbons (Fsp3) is 0.136. The van der Waals surface area contributed by atoms with Crippen LogP contribution in [0, 0.1) is 0 Å². The molecular weight excluding hydrogens is 418 g/mol. The smallest absolute Gasteiger partial charge is 0.323 e. The lowest BCUT2D eigenvalue weighted by atomic mass is 10.3. The number of hydrogen-bond acceptors (Lipinski definition) is 5. The second kappa shape index (κ2) is 10.5. The van der Waals surface area contributed by atoms with Crippen molar-refractivity contribution in [3.8, 4) is 5.75 Å². The number of carbonyl (C=O) groups excluding carboxylic acids is 1. The molecule has 2 amide bonds. The molecule has 0 spiro atoms. The lowest BCUT2D eigenvalue weighted by Gasteiger charge is -2.12. The van der Waals surface area contributed by atoms with Crippen LogP contribution in [0.2, 0.25) is 0 Å². The van der Waals surface area contributed by atoms with E-state index in [1.165, 1.54) is 18.2 Å². The highest BCUT2D eigenvalue weighted by Gasteiger charge is 2.15. The van der Waals surface area contributed by atoms with Gasteiger partial charge in [0.1, 0.15) is 12.4 Å². The van der Waals surface area contributed by atoms with E-state index in [0.717, 1.165) is 0 Å². The van der Waals surface area contributed by atoms with Crippen LogP contribution in [0.25, 0.3) is 0 Å². The Bertz CT molecular complexity index is 1100. The number of carbonyl (C=O) groups is 1. The van der Waals surface area contributed by atoms with E-state index in [9.17, 15) is 13.2 Å². The van der Waals surface area contributed by atoms with Gasteiger partial charge in [-0.05, 0) is 54.6 Å². The number of ether oxygens (including phenoxy) is 2. The maximum Gasteiger partial charge on any atom is 0.323 e. The highest BCUT2D eigenvalue weighted by molar-refractivity contribution is 7.92. The number of para-hydroxylation sites is 1. The molecule has 0 fully saturated rings.